The maximum atomic E-state index is 12.5. The lowest BCUT2D eigenvalue weighted by atomic mass is 10.1. The van der Waals surface area contributed by atoms with E-state index in [0.717, 1.165) is 87.7 Å². The van der Waals surface area contributed by atoms with Gasteiger partial charge in [-0.2, -0.15) is 20.4 Å². The Labute approximate surface area is 538 Å². The molecule has 0 fully saturated rings. The second-order valence-electron chi connectivity index (χ2n) is 21.0. The molecule has 0 bridgehead atoms. The highest BCUT2D eigenvalue weighted by Crippen LogP contribution is 2.33. The van der Waals surface area contributed by atoms with E-state index >= 15 is 0 Å². The standard InChI is InChI=1S/C20H22N2O4.C19H20N2O3.C16H22N2O3.C15H20N2O4/c1-24-16-7-4-14(5-8-16)12-20(23)22-11-10-17(21-22)15-6-9-18(25-2)19(13-15)26-3;1-23-17-9-8-15(13-18(17)24-2)16-10-11-21(20-16)19(22)12-14-6-4-3-5-7-14;1-4-5-6-16(19)18-10-9-13(17-18)12-7-8-14(20-2)15(11-12)21-3;1-4-21-10-15(18)17-8-7-12(16-17)11-5-6-13(19-2)14(9-11)20-3/h4-9,13H,10-12H2,1-3H3;3-9,13H,10-12H2,1-2H3;7-8,11H,4-6,9-10H2,1-3H3;5-6,9H,4,7-8,10H2,1-3H3. The molecule has 0 spiro atoms. The Morgan fingerprint density at radius 2 is 0.696 bits per heavy atom. The van der Waals surface area contributed by atoms with E-state index in [9.17, 15) is 19.2 Å². The topological polar surface area (TPSA) is 223 Å². The minimum absolute atomic E-state index is 0.0108. The highest BCUT2D eigenvalue weighted by Gasteiger charge is 2.27. The third-order valence-electron chi connectivity index (χ3n) is 15.1. The number of hydrogen-bond donors (Lipinski definition) is 0. The fourth-order valence-corrected chi connectivity index (χ4v) is 10.0. The van der Waals surface area contributed by atoms with Crippen LogP contribution in [0.25, 0.3) is 0 Å². The van der Waals surface area contributed by atoms with E-state index < -0.39 is 0 Å². The number of rotatable bonds is 23. The van der Waals surface area contributed by atoms with Crippen molar-refractivity contribution in [1.82, 2.24) is 20.0 Å². The summed E-state index contributed by atoms with van der Waals surface area (Å²) in [6, 6.07) is 39.9. The molecule has 0 saturated carbocycles. The van der Waals surface area contributed by atoms with Crippen molar-refractivity contribution in [3.8, 4) is 51.7 Å². The van der Waals surface area contributed by atoms with Crippen LogP contribution in [-0.2, 0) is 36.8 Å². The zero-order valence-electron chi connectivity index (χ0n) is 54.5. The third-order valence-corrected chi connectivity index (χ3v) is 15.1. The summed E-state index contributed by atoms with van der Waals surface area (Å²) in [5, 5.41) is 23.9. The van der Waals surface area contributed by atoms with E-state index in [-0.39, 0.29) is 30.2 Å². The zero-order chi connectivity index (χ0) is 65.9. The van der Waals surface area contributed by atoms with Gasteiger partial charge in [0.1, 0.15) is 12.4 Å². The van der Waals surface area contributed by atoms with Gasteiger partial charge in [0.15, 0.2) is 46.0 Å². The van der Waals surface area contributed by atoms with Gasteiger partial charge in [0, 0.05) is 61.0 Å². The molecule has 22 heteroatoms. The summed E-state index contributed by atoms with van der Waals surface area (Å²) in [6.45, 7) is 6.95. The van der Waals surface area contributed by atoms with E-state index in [1.807, 2.05) is 134 Å². The molecule has 6 aromatic rings. The average molecular weight is 1260 g/mol. The van der Waals surface area contributed by atoms with Gasteiger partial charge in [0.05, 0.1) is 126 Å². The summed E-state index contributed by atoms with van der Waals surface area (Å²) in [4.78, 5) is 48.7. The number of unbranched alkanes of at least 4 members (excludes halogenated alkanes) is 1. The number of hydrazone groups is 4. The van der Waals surface area contributed by atoms with E-state index in [1.165, 1.54) is 10.0 Å². The molecule has 0 aliphatic carbocycles. The van der Waals surface area contributed by atoms with Crippen molar-refractivity contribution >= 4 is 46.5 Å². The maximum Gasteiger partial charge on any atom is 0.268 e. The highest BCUT2D eigenvalue weighted by atomic mass is 16.5. The molecule has 0 unspecified atom stereocenters. The van der Waals surface area contributed by atoms with Crippen molar-refractivity contribution in [2.24, 2.45) is 20.4 Å². The molecule has 0 aromatic heterocycles. The molecule has 0 radical (unpaired) electrons. The first-order valence-corrected chi connectivity index (χ1v) is 30.4. The van der Waals surface area contributed by atoms with Gasteiger partial charge in [-0.3, -0.25) is 19.2 Å². The van der Waals surface area contributed by atoms with Crippen LogP contribution in [0.3, 0.4) is 0 Å². The number of carbonyl (C=O) groups excluding carboxylic acids is 4. The Balaban J connectivity index is 0.000000175. The van der Waals surface area contributed by atoms with Gasteiger partial charge in [0.25, 0.3) is 5.91 Å². The van der Waals surface area contributed by atoms with Gasteiger partial charge in [-0.15, -0.1) is 0 Å². The molecule has 0 N–H and O–H groups in total. The number of carbonyl (C=O) groups is 4. The molecular weight excluding hydrogens is 1180 g/mol. The molecule has 4 aliphatic heterocycles. The first-order valence-electron chi connectivity index (χ1n) is 30.4. The largest absolute Gasteiger partial charge is 0.497 e. The quantitative estimate of drug-likeness (QED) is 0.0582. The molecule has 0 atom stereocenters. The molecule has 4 amide bonds. The van der Waals surface area contributed by atoms with Gasteiger partial charge in [-0.05, 0) is 109 Å². The minimum Gasteiger partial charge on any atom is -0.497 e. The second-order valence-corrected chi connectivity index (χ2v) is 21.0. The van der Waals surface area contributed by atoms with E-state index in [2.05, 4.69) is 27.3 Å². The summed E-state index contributed by atoms with van der Waals surface area (Å²) >= 11 is 0. The first kappa shape index (κ1) is 69.5. The molecule has 6 aromatic carbocycles. The summed E-state index contributed by atoms with van der Waals surface area (Å²) in [5.74, 6) is 6.09. The van der Waals surface area contributed by atoms with Crippen molar-refractivity contribution in [3.63, 3.8) is 0 Å². The lowest BCUT2D eigenvalue weighted by Crippen LogP contribution is -2.27. The lowest BCUT2D eigenvalue weighted by molar-refractivity contribution is -0.135. The van der Waals surface area contributed by atoms with E-state index in [1.54, 1.807) is 74.0 Å². The van der Waals surface area contributed by atoms with Crippen molar-refractivity contribution < 1.29 is 66.5 Å². The predicted molar refractivity (Wildman–Crippen MR) is 353 cm³/mol. The number of amides is 4. The third kappa shape index (κ3) is 19.0. The van der Waals surface area contributed by atoms with Crippen molar-refractivity contribution in [3.05, 3.63) is 161 Å². The van der Waals surface area contributed by atoms with Crippen LogP contribution < -0.4 is 42.6 Å². The molecule has 4 heterocycles. The molecule has 4 aliphatic rings. The molecule has 22 nitrogen and oxygen atoms in total. The molecule has 0 saturated heterocycles. The molecule has 10 rings (SSSR count). The van der Waals surface area contributed by atoms with Crippen molar-refractivity contribution in [2.45, 2.75) is 71.6 Å². The predicted octanol–water partition coefficient (Wildman–Crippen LogP) is 10.3. The van der Waals surface area contributed by atoms with Gasteiger partial charge in [-0.25, -0.2) is 20.0 Å². The van der Waals surface area contributed by atoms with E-state index in [4.69, 9.17) is 47.4 Å². The fourth-order valence-electron chi connectivity index (χ4n) is 10.0. The minimum atomic E-state index is -0.118. The second kappa shape index (κ2) is 35.4. The number of ether oxygens (including phenoxy) is 10. The van der Waals surface area contributed by atoms with Gasteiger partial charge >= 0.3 is 0 Å². The number of methoxy groups -OCH3 is 9. The fraction of sp³-hybridized carbons (Fsp3) is 0.371. The van der Waals surface area contributed by atoms with Crippen LogP contribution in [0.2, 0.25) is 0 Å². The zero-order valence-corrected chi connectivity index (χ0v) is 54.5. The summed E-state index contributed by atoms with van der Waals surface area (Å²) in [7, 11) is 14.4. The molecular formula is C70H84N8O14. The van der Waals surface area contributed by atoms with Crippen molar-refractivity contribution in [1.29, 1.82) is 0 Å². The molecule has 92 heavy (non-hydrogen) atoms. The normalized spacial score (nSPS) is 13.7. The van der Waals surface area contributed by atoms with Crippen LogP contribution in [0.1, 0.15) is 92.2 Å². The number of hydrogen-bond acceptors (Lipinski definition) is 18. The average Bonchev–Trinajstić information content (AvgIpc) is 1.83. The molecule has 488 valence electrons. The Morgan fingerprint density at radius 1 is 0.370 bits per heavy atom. The smallest absolute Gasteiger partial charge is 0.268 e. The summed E-state index contributed by atoms with van der Waals surface area (Å²) in [6.07, 6.45) is 6.11. The van der Waals surface area contributed by atoms with Crippen molar-refractivity contribution in [2.75, 3.05) is 103 Å². The van der Waals surface area contributed by atoms with Gasteiger partial charge in [-0.1, -0.05) is 55.8 Å². The number of benzene rings is 6. The first-order chi connectivity index (χ1) is 44.7. The monoisotopic (exact) mass is 1260 g/mol. The summed E-state index contributed by atoms with van der Waals surface area (Å²) < 4.78 is 52.5. The number of nitrogens with zero attached hydrogens (tertiary/aromatic N) is 8. The van der Waals surface area contributed by atoms with Crippen LogP contribution >= 0.6 is 0 Å². The van der Waals surface area contributed by atoms with Crippen LogP contribution in [0, 0.1) is 0 Å². The Morgan fingerprint density at radius 3 is 1.01 bits per heavy atom. The SMILES string of the molecule is CCCCC(=O)N1CCC(c2ccc(OC)c(OC)c2)=N1.CCOCC(=O)N1CCC(c2ccc(OC)c(OC)c2)=N1.COc1ccc(C2=NN(C(=O)Cc3ccccc3)CC2)cc1OC.COc1ccc(CC(=O)N2CCC(c3ccc(OC)c(OC)c3)=N2)cc1. The highest BCUT2D eigenvalue weighted by molar-refractivity contribution is 6.05. The Kier molecular flexibility index (Phi) is 26.8. The van der Waals surface area contributed by atoms with Gasteiger partial charge < -0.3 is 47.4 Å². The van der Waals surface area contributed by atoms with E-state index in [0.29, 0.717) is 111 Å². The van der Waals surface area contributed by atoms with Crippen LogP contribution in [-0.4, -0.2) is 170 Å². The Hall–Kier alpha value is -9.96. The van der Waals surface area contributed by atoms with Crippen LogP contribution in [0.4, 0.5) is 0 Å². The maximum absolute atomic E-state index is 12.5. The van der Waals surface area contributed by atoms with Crippen LogP contribution in [0.15, 0.2) is 148 Å². The summed E-state index contributed by atoms with van der Waals surface area (Å²) in [5.41, 5.74) is 9.25. The van der Waals surface area contributed by atoms with Crippen LogP contribution in [0.5, 0.6) is 51.7 Å². The van der Waals surface area contributed by atoms with Gasteiger partial charge in [0.2, 0.25) is 17.7 Å². The lowest BCUT2D eigenvalue weighted by Gasteiger charge is -2.11. The Bertz CT molecular complexity index is 3480.